The summed E-state index contributed by atoms with van der Waals surface area (Å²) < 4.78 is 27.6. The van der Waals surface area contributed by atoms with Crippen molar-refractivity contribution in [2.75, 3.05) is 0 Å². The van der Waals surface area contributed by atoms with Crippen molar-refractivity contribution in [3.05, 3.63) is 0 Å². The molecule has 0 aromatic heterocycles. The highest BCUT2D eigenvalue weighted by atomic mass is 32.2. The molecule has 0 aliphatic rings. The summed E-state index contributed by atoms with van der Waals surface area (Å²) in [5, 5.41) is 5.76. The van der Waals surface area contributed by atoms with Gasteiger partial charge in [0.15, 0.2) is 0 Å². The lowest BCUT2D eigenvalue weighted by molar-refractivity contribution is 0.139. The lowest BCUT2D eigenvalue weighted by Gasteiger charge is -2.10. The van der Waals surface area contributed by atoms with Crippen molar-refractivity contribution < 1.29 is 18.1 Å². The number of aliphatic hydroxyl groups is 1. The van der Waals surface area contributed by atoms with Crippen LogP contribution in [-0.4, -0.2) is 23.1 Å². The molecular formula is C2H7NO4S. The molecule has 0 bridgehead atoms. The highest BCUT2D eigenvalue weighted by Crippen LogP contribution is 2.00. The van der Waals surface area contributed by atoms with E-state index < -0.39 is 15.2 Å². The Balaban J connectivity index is 4.53. The minimum absolute atomic E-state index is 0.766. The molecule has 8 heavy (non-hydrogen) atoms. The first kappa shape index (κ1) is 7.83. The van der Waals surface area contributed by atoms with E-state index in [9.17, 15) is 8.42 Å². The molecule has 0 fully saturated rings. The van der Waals surface area contributed by atoms with Crippen molar-refractivity contribution in [3.8, 4) is 0 Å². The van der Waals surface area contributed by atoms with E-state index in [2.05, 4.69) is 5.73 Å². The third-order valence-electron chi connectivity index (χ3n) is 0.522. The van der Waals surface area contributed by atoms with Crippen molar-refractivity contribution in [2.45, 2.75) is 12.0 Å². The molecule has 1 atom stereocenters. The number of nitrogens with two attached hydrogens (primary N) is 1. The van der Waals surface area contributed by atoms with Gasteiger partial charge in [-0.25, -0.2) is 0 Å². The van der Waals surface area contributed by atoms with Gasteiger partial charge in [-0.2, -0.15) is 8.42 Å². The molecule has 0 aliphatic carbocycles. The highest BCUT2D eigenvalue weighted by Gasteiger charge is 2.29. The second kappa shape index (κ2) is 1.66. The summed E-state index contributed by atoms with van der Waals surface area (Å²) in [6.45, 7) is 0.766. The van der Waals surface area contributed by atoms with Crippen LogP contribution in [0.2, 0.25) is 0 Å². The van der Waals surface area contributed by atoms with Crippen molar-refractivity contribution >= 4 is 10.1 Å². The summed E-state index contributed by atoms with van der Waals surface area (Å²) in [5.41, 5.74) is 4.53. The molecule has 4 N–H and O–H groups in total. The minimum atomic E-state index is -4.51. The van der Waals surface area contributed by atoms with Crippen LogP contribution in [0.3, 0.4) is 0 Å². The fraction of sp³-hybridized carbons (Fsp3) is 1.00. The van der Waals surface area contributed by atoms with Crippen molar-refractivity contribution in [1.29, 1.82) is 0 Å². The predicted octanol–water partition coefficient (Wildman–Crippen LogP) is -1.50. The van der Waals surface area contributed by atoms with Crippen molar-refractivity contribution in [2.24, 2.45) is 5.73 Å². The maximum absolute atomic E-state index is 9.83. The second-order valence-corrected chi connectivity index (χ2v) is 3.31. The average Bonchev–Trinajstić information content (AvgIpc) is 1.25. The molecule has 0 aliphatic heterocycles. The quantitative estimate of drug-likeness (QED) is 0.305. The fourth-order valence-electron chi connectivity index (χ4n) is 0. The Hall–Kier alpha value is -0.170. The van der Waals surface area contributed by atoms with Crippen LogP contribution in [0.25, 0.3) is 0 Å². The zero-order valence-corrected chi connectivity index (χ0v) is 5.01. The SMILES string of the molecule is CC(N)(O)S(=O)(=O)O. The summed E-state index contributed by atoms with van der Waals surface area (Å²) in [7, 11) is -4.51. The number of rotatable bonds is 1. The normalized spacial score (nSPS) is 20.0. The van der Waals surface area contributed by atoms with Gasteiger partial charge in [-0.15, -0.1) is 0 Å². The Labute approximate surface area is 46.9 Å². The summed E-state index contributed by atoms with van der Waals surface area (Å²) in [5.74, 6) is 0. The van der Waals surface area contributed by atoms with Crippen LogP contribution in [0.1, 0.15) is 6.92 Å². The Morgan fingerprint density at radius 3 is 1.75 bits per heavy atom. The van der Waals surface area contributed by atoms with Crippen LogP contribution in [0, 0.1) is 0 Å². The largest absolute Gasteiger partial charge is 0.361 e. The van der Waals surface area contributed by atoms with E-state index >= 15 is 0 Å². The van der Waals surface area contributed by atoms with Gasteiger partial charge in [-0.1, -0.05) is 0 Å². The molecule has 0 radical (unpaired) electrons. The molecule has 0 heterocycles. The smallest absolute Gasteiger partial charge is 0.309 e. The minimum Gasteiger partial charge on any atom is -0.361 e. The standard InChI is InChI=1S/C2H7NO4S/c1-2(3,4)8(5,6)7/h4H,3H2,1H3,(H,5,6,7). The number of hydrogen-bond donors (Lipinski definition) is 3. The Morgan fingerprint density at radius 2 is 1.75 bits per heavy atom. The topological polar surface area (TPSA) is 101 Å². The van der Waals surface area contributed by atoms with Crippen LogP contribution in [0.5, 0.6) is 0 Å². The van der Waals surface area contributed by atoms with Gasteiger partial charge in [0.1, 0.15) is 0 Å². The van der Waals surface area contributed by atoms with Crippen LogP contribution < -0.4 is 5.73 Å². The fourth-order valence-corrected chi connectivity index (χ4v) is 0. The van der Waals surface area contributed by atoms with Crippen LogP contribution in [-0.2, 0) is 10.1 Å². The first-order valence-electron chi connectivity index (χ1n) is 1.73. The van der Waals surface area contributed by atoms with Crippen molar-refractivity contribution in [3.63, 3.8) is 0 Å². The van der Waals surface area contributed by atoms with Gasteiger partial charge in [-0.05, 0) is 6.92 Å². The van der Waals surface area contributed by atoms with Crippen LogP contribution >= 0.6 is 0 Å². The lowest BCUT2D eigenvalue weighted by atomic mass is 10.7. The maximum atomic E-state index is 9.83. The van der Waals surface area contributed by atoms with E-state index in [-0.39, 0.29) is 0 Å². The predicted molar refractivity (Wildman–Crippen MR) is 26.4 cm³/mol. The molecule has 1 unspecified atom stereocenters. The third-order valence-corrected chi connectivity index (χ3v) is 1.57. The molecule has 5 nitrogen and oxygen atoms in total. The monoisotopic (exact) mass is 141 g/mol. The summed E-state index contributed by atoms with van der Waals surface area (Å²) >= 11 is 0. The molecule has 50 valence electrons. The van der Waals surface area contributed by atoms with Crippen LogP contribution in [0.4, 0.5) is 0 Å². The molecule has 6 heteroatoms. The van der Waals surface area contributed by atoms with Gasteiger partial charge in [-0.3, -0.25) is 10.3 Å². The van der Waals surface area contributed by atoms with Gasteiger partial charge >= 0.3 is 10.1 Å². The van der Waals surface area contributed by atoms with Gasteiger partial charge in [0.05, 0.1) is 0 Å². The molecule has 0 amide bonds. The highest BCUT2D eigenvalue weighted by molar-refractivity contribution is 7.86. The van der Waals surface area contributed by atoms with Gasteiger partial charge < -0.3 is 5.11 Å². The summed E-state index contributed by atoms with van der Waals surface area (Å²) in [6, 6.07) is 0. The second-order valence-electron chi connectivity index (χ2n) is 1.53. The van der Waals surface area contributed by atoms with E-state index in [4.69, 9.17) is 9.66 Å². The first-order chi connectivity index (χ1) is 3.25. The zero-order valence-electron chi connectivity index (χ0n) is 4.20. The van der Waals surface area contributed by atoms with E-state index in [0.29, 0.717) is 0 Å². The molecule has 0 saturated heterocycles. The van der Waals surface area contributed by atoms with Crippen molar-refractivity contribution in [1.82, 2.24) is 0 Å². The molecular weight excluding hydrogens is 134 g/mol. The van der Waals surface area contributed by atoms with E-state index in [1.165, 1.54) is 0 Å². The van der Waals surface area contributed by atoms with Crippen LogP contribution in [0.15, 0.2) is 0 Å². The van der Waals surface area contributed by atoms with E-state index in [0.717, 1.165) is 6.92 Å². The zero-order chi connectivity index (χ0) is 7.00. The number of hydrogen-bond acceptors (Lipinski definition) is 4. The van der Waals surface area contributed by atoms with Gasteiger partial charge in [0, 0.05) is 0 Å². The van der Waals surface area contributed by atoms with E-state index in [1.807, 2.05) is 0 Å². The molecule has 0 rings (SSSR count). The molecule has 0 aromatic carbocycles. The maximum Gasteiger partial charge on any atom is 0.309 e. The Morgan fingerprint density at radius 1 is 1.62 bits per heavy atom. The van der Waals surface area contributed by atoms with Gasteiger partial charge in [0.25, 0.3) is 0 Å². The third kappa shape index (κ3) is 1.74. The van der Waals surface area contributed by atoms with E-state index in [1.54, 1.807) is 0 Å². The first-order valence-corrected chi connectivity index (χ1v) is 3.17. The summed E-state index contributed by atoms with van der Waals surface area (Å²) in [6.07, 6.45) is 0. The van der Waals surface area contributed by atoms with Gasteiger partial charge in [0.2, 0.25) is 5.06 Å². The Bertz CT molecular complexity index is 163. The average molecular weight is 141 g/mol. The molecule has 0 spiro atoms. The molecule has 0 saturated carbocycles. The molecule has 0 aromatic rings. The lowest BCUT2D eigenvalue weighted by Crippen LogP contribution is -2.43. The summed E-state index contributed by atoms with van der Waals surface area (Å²) in [4.78, 5) is 0. The Kier molecular flexibility index (Phi) is 1.62.